The lowest BCUT2D eigenvalue weighted by molar-refractivity contribution is -0.138. The Bertz CT molecular complexity index is 895. The van der Waals surface area contributed by atoms with Crippen LogP contribution >= 0.6 is 11.6 Å². The van der Waals surface area contributed by atoms with Gasteiger partial charge in [-0.2, -0.15) is 4.98 Å². The molecular weight excluding hydrogens is 426 g/mol. The number of hydrogen-bond acceptors (Lipinski definition) is 6. The van der Waals surface area contributed by atoms with Crippen LogP contribution in [0.25, 0.3) is 11.4 Å². The van der Waals surface area contributed by atoms with Crippen molar-refractivity contribution in [1.29, 1.82) is 0 Å². The van der Waals surface area contributed by atoms with E-state index in [4.69, 9.17) is 16.1 Å². The van der Waals surface area contributed by atoms with Gasteiger partial charge >= 0.3 is 6.01 Å². The number of carbonyl (C=O) groups is 1. The molecule has 1 aliphatic carbocycles. The SMILES string of the molecule is O=C(C1CCN(c2nc(-c3ccc(Cl)cc3)no2)CC1)N1CCN(C2CCCCC2)CC1. The zero-order valence-corrected chi connectivity index (χ0v) is 19.3. The van der Waals surface area contributed by atoms with Crippen molar-refractivity contribution >= 4 is 23.5 Å². The molecule has 3 heterocycles. The highest BCUT2D eigenvalue weighted by atomic mass is 35.5. The van der Waals surface area contributed by atoms with E-state index >= 15 is 0 Å². The predicted octanol–water partition coefficient (Wildman–Crippen LogP) is 4.08. The normalized spacial score (nSPS) is 21.8. The van der Waals surface area contributed by atoms with Gasteiger partial charge in [0.1, 0.15) is 0 Å². The molecule has 0 N–H and O–H groups in total. The van der Waals surface area contributed by atoms with E-state index in [0.29, 0.717) is 22.8 Å². The zero-order valence-electron chi connectivity index (χ0n) is 18.6. The molecule has 0 bridgehead atoms. The number of anilines is 1. The Labute approximate surface area is 194 Å². The Hall–Kier alpha value is -2.12. The molecular formula is C24H32ClN5O2. The summed E-state index contributed by atoms with van der Waals surface area (Å²) in [6.45, 7) is 5.35. The van der Waals surface area contributed by atoms with E-state index in [1.807, 2.05) is 24.3 Å². The van der Waals surface area contributed by atoms with Crippen LogP contribution in [-0.2, 0) is 4.79 Å². The summed E-state index contributed by atoms with van der Waals surface area (Å²) < 4.78 is 5.50. The highest BCUT2D eigenvalue weighted by molar-refractivity contribution is 6.30. The number of piperidine rings is 1. The van der Waals surface area contributed by atoms with Crippen LogP contribution in [0.4, 0.5) is 6.01 Å². The molecule has 2 saturated heterocycles. The average molecular weight is 458 g/mol. The first-order valence-corrected chi connectivity index (χ1v) is 12.4. The van der Waals surface area contributed by atoms with Crippen LogP contribution in [0.15, 0.2) is 28.8 Å². The maximum absolute atomic E-state index is 13.1. The molecule has 3 fully saturated rings. The van der Waals surface area contributed by atoms with Gasteiger partial charge in [0.25, 0.3) is 0 Å². The molecule has 172 valence electrons. The predicted molar refractivity (Wildman–Crippen MR) is 125 cm³/mol. The molecule has 32 heavy (non-hydrogen) atoms. The van der Waals surface area contributed by atoms with Gasteiger partial charge < -0.3 is 14.3 Å². The van der Waals surface area contributed by atoms with E-state index in [2.05, 4.69) is 24.8 Å². The molecule has 1 saturated carbocycles. The van der Waals surface area contributed by atoms with Gasteiger partial charge in [0.2, 0.25) is 11.7 Å². The number of amides is 1. The van der Waals surface area contributed by atoms with Gasteiger partial charge in [0, 0.05) is 61.8 Å². The number of carbonyl (C=O) groups excluding carboxylic acids is 1. The van der Waals surface area contributed by atoms with Crippen LogP contribution in [0.5, 0.6) is 0 Å². The van der Waals surface area contributed by atoms with Crippen LogP contribution in [0, 0.1) is 5.92 Å². The summed E-state index contributed by atoms with van der Waals surface area (Å²) in [5, 5.41) is 4.79. The Morgan fingerprint density at radius 3 is 2.28 bits per heavy atom. The number of halogens is 1. The van der Waals surface area contributed by atoms with E-state index in [0.717, 1.165) is 63.7 Å². The highest BCUT2D eigenvalue weighted by Gasteiger charge is 2.33. The Kier molecular flexibility index (Phi) is 6.64. The monoisotopic (exact) mass is 457 g/mol. The van der Waals surface area contributed by atoms with Gasteiger partial charge in [0.05, 0.1) is 0 Å². The molecule has 3 aliphatic rings. The molecule has 7 nitrogen and oxygen atoms in total. The van der Waals surface area contributed by atoms with Crippen LogP contribution in [0.1, 0.15) is 44.9 Å². The lowest BCUT2D eigenvalue weighted by Gasteiger charge is -2.42. The summed E-state index contributed by atoms with van der Waals surface area (Å²) in [5.41, 5.74) is 0.877. The maximum atomic E-state index is 13.1. The van der Waals surface area contributed by atoms with Crippen molar-refractivity contribution in [2.45, 2.75) is 51.0 Å². The number of aromatic nitrogens is 2. The topological polar surface area (TPSA) is 65.7 Å². The van der Waals surface area contributed by atoms with Gasteiger partial charge in [-0.1, -0.05) is 36.0 Å². The molecule has 0 atom stereocenters. The number of piperazine rings is 1. The van der Waals surface area contributed by atoms with E-state index in [-0.39, 0.29) is 5.92 Å². The van der Waals surface area contributed by atoms with Crippen molar-refractivity contribution < 1.29 is 9.32 Å². The molecule has 5 rings (SSSR count). The molecule has 0 spiro atoms. The Morgan fingerprint density at radius 2 is 1.59 bits per heavy atom. The van der Waals surface area contributed by atoms with Crippen molar-refractivity contribution in [2.24, 2.45) is 5.92 Å². The van der Waals surface area contributed by atoms with E-state index in [1.54, 1.807) is 0 Å². The molecule has 0 unspecified atom stereocenters. The summed E-state index contributed by atoms with van der Waals surface area (Å²) in [4.78, 5) is 24.5. The third-order valence-corrected chi connectivity index (χ3v) is 7.60. The second-order valence-electron chi connectivity index (χ2n) is 9.32. The van der Waals surface area contributed by atoms with Gasteiger partial charge in [-0.15, -0.1) is 0 Å². The van der Waals surface area contributed by atoms with Gasteiger partial charge in [-0.25, -0.2) is 0 Å². The summed E-state index contributed by atoms with van der Waals surface area (Å²) in [6, 6.07) is 8.68. The van der Waals surface area contributed by atoms with E-state index in [9.17, 15) is 4.79 Å². The molecule has 1 aromatic heterocycles. The Morgan fingerprint density at radius 1 is 0.906 bits per heavy atom. The first-order chi connectivity index (χ1) is 15.7. The molecule has 1 aromatic carbocycles. The van der Waals surface area contributed by atoms with Crippen LogP contribution in [0.2, 0.25) is 5.02 Å². The lowest BCUT2D eigenvalue weighted by Crippen LogP contribution is -2.54. The fourth-order valence-electron chi connectivity index (χ4n) is 5.39. The fourth-order valence-corrected chi connectivity index (χ4v) is 5.52. The molecule has 1 amide bonds. The number of nitrogens with zero attached hydrogens (tertiary/aromatic N) is 5. The summed E-state index contributed by atoms with van der Waals surface area (Å²) in [5.74, 6) is 0.997. The molecule has 2 aromatic rings. The first kappa shape index (κ1) is 21.7. The first-order valence-electron chi connectivity index (χ1n) is 12.0. The van der Waals surface area contributed by atoms with Gasteiger partial charge in [-0.05, 0) is 49.9 Å². The number of hydrogen-bond donors (Lipinski definition) is 0. The van der Waals surface area contributed by atoms with Crippen molar-refractivity contribution in [1.82, 2.24) is 19.9 Å². The quantitative estimate of drug-likeness (QED) is 0.689. The average Bonchev–Trinajstić information content (AvgIpc) is 3.35. The summed E-state index contributed by atoms with van der Waals surface area (Å²) >= 11 is 5.96. The van der Waals surface area contributed by atoms with E-state index in [1.165, 1.54) is 32.1 Å². The third-order valence-electron chi connectivity index (χ3n) is 7.35. The van der Waals surface area contributed by atoms with Crippen molar-refractivity contribution in [3.05, 3.63) is 29.3 Å². The minimum atomic E-state index is 0.103. The zero-order chi connectivity index (χ0) is 21.9. The standard InChI is InChI=1S/C24H32ClN5O2/c25-20-8-6-18(7-9-20)22-26-24(32-27-22)30-12-10-19(11-13-30)23(31)29-16-14-28(15-17-29)21-4-2-1-3-5-21/h6-9,19,21H,1-5,10-17H2. The van der Waals surface area contributed by atoms with Crippen LogP contribution in [-0.4, -0.2) is 71.2 Å². The molecule has 2 aliphatic heterocycles. The van der Waals surface area contributed by atoms with Crippen LogP contribution in [0.3, 0.4) is 0 Å². The second-order valence-corrected chi connectivity index (χ2v) is 9.76. The Balaban J connectivity index is 1.11. The number of benzene rings is 1. The second kappa shape index (κ2) is 9.79. The molecule has 8 heteroatoms. The largest absolute Gasteiger partial charge is 0.340 e. The van der Waals surface area contributed by atoms with Gasteiger partial charge in [-0.3, -0.25) is 9.69 Å². The van der Waals surface area contributed by atoms with Crippen LogP contribution < -0.4 is 4.90 Å². The van der Waals surface area contributed by atoms with E-state index < -0.39 is 0 Å². The van der Waals surface area contributed by atoms with Crippen molar-refractivity contribution in [2.75, 3.05) is 44.2 Å². The maximum Gasteiger partial charge on any atom is 0.324 e. The minimum absolute atomic E-state index is 0.103. The number of rotatable bonds is 4. The van der Waals surface area contributed by atoms with Crippen molar-refractivity contribution in [3.63, 3.8) is 0 Å². The van der Waals surface area contributed by atoms with Crippen molar-refractivity contribution in [3.8, 4) is 11.4 Å². The van der Waals surface area contributed by atoms with Gasteiger partial charge in [0.15, 0.2) is 0 Å². The smallest absolute Gasteiger partial charge is 0.324 e. The highest BCUT2D eigenvalue weighted by Crippen LogP contribution is 2.28. The summed E-state index contributed by atoms with van der Waals surface area (Å²) in [6.07, 6.45) is 8.46. The molecule has 0 radical (unpaired) electrons. The minimum Gasteiger partial charge on any atom is -0.340 e. The summed E-state index contributed by atoms with van der Waals surface area (Å²) in [7, 11) is 0. The third kappa shape index (κ3) is 4.79. The lowest BCUT2D eigenvalue weighted by atomic mass is 9.93. The fraction of sp³-hybridized carbons (Fsp3) is 0.625.